The van der Waals surface area contributed by atoms with Crippen molar-refractivity contribution in [1.82, 2.24) is 14.1 Å². The maximum Gasteiger partial charge on any atom is 0.0562 e. The molecule has 39 heavy (non-hydrogen) atoms. The van der Waals surface area contributed by atoms with E-state index in [9.17, 15) is 0 Å². The molecule has 0 spiro atoms. The average Bonchev–Trinajstić information content (AvgIpc) is 3.62. The van der Waals surface area contributed by atoms with Crippen LogP contribution in [0.4, 0.5) is 0 Å². The first kappa shape index (κ1) is 20.7. The number of para-hydroxylation sites is 4. The van der Waals surface area contributed by atoms with Gasteiger partial charge in [0.25, 0.3) is 0 Å². The fraction of sp³-hybridized carbons (Fsp3) is 0. The molecule has 3 aromatic heterocycles. The summed E-state index contributed by atoms with van der Waals surface area (Å²) in [5, 5.41) is 7.60. The maximum absolute atomic E-state index is 3.78. The van der Waals surface area contributed by atoms with Gasteiger partial charge in [-0.1, -0.05) is 72.8 Å². The third kappa shape index (κ3) is 2.82. The van der Waals surface area contributed by atoms with E-state index in [1.165, 1.54) is 65.8 Å². The molecule has 3 heteroatoms. The normalized spacial score (nSPS) is 12.1. The van der Waals surface area contributed by atoms with Gasteiger partial charge in [0.2, 0.25) is 0 Å². The Labute approximate surface area is 224 Å². The minimum atomic E-state index is 1.15. The van der Waals surface area contributed by atoms with Gasteiger partial charge in [0.05, 0.1) is 22.1 Å². The minimum absolute atomic E-state index is 1.15. The monoisotopic (exact) mass is 497 g/mol. The van der Waals surface area contributed by atoms with Gasteiger partial charge in [0.15, 0.2) is 0 Å². The zero-order valence-corrected chi connectivity index (χ0v) is 21.1. The van der Waals surface area contributed by atoms with Gasteiger partial charge >= 0.3 is 0 Å². The number of hydrogen-bond acceptors (Lipinski definition) is 0. The molecule has 0 bridgehead atoms. The van der Waals surface area contributed by atoms with E-state index >= 15 is 0 Å². The highest BCUT2D eigenvalue weighted by Gasteiger charge is 2.18. The van der Waals surface area contributed by atoms with Gasteiger partial charge in [-0.3, -0.25) is 0 Å². The second-order valence-corrected chi connectivity index (χ2v) is 10.3. The minimum Gasteiger partial charge on any atom is -0.354 e. The predicted molar refractivity (Wildman–Crippen MR) is 164 cm³/mol. The number of H-pyrrole nitrogens is 1. The molecule has 3 heterocycles. The summed E-state index contributed by atoms with van der Waals surface area (Å²) in [6.07, 6.45) is 0. The summed E-state index contributed by atoms with van der Waals surface area (Å²) in [7, 11) is 0. The number of aromatic amines is 1. The van der Waals surface area contributed by atoms with E-state index in [0.717, 1.165) is 11.0 Å². The Bertz CT molecular complexity index is 2200. The van der Waals surface area contributed by atoms with Crippen LogP contribution < -0.4 is 0 Å². The Kier molecular flexibility index (Phi) is 4.05. The van der Waals surface area contributed by atoms with Gasteiger partial charge in [0, 0.05) is 54.7 Å². The fourth-order valence-corrected chi connectivity index (χ4v) is 6.54. The highest BCUT2D eigenvalue weighted by atomic mass is 15.0. The molecule has 9 aromatic rings. The van der Waals surface area contributed by atoms with Crippen LogP contribution in [0.25, 0.3) is 76.8 Å². The third-order valence-electron chi connectivity index (χ3n) is 8.21. The van der Waals surface area contributed by atoms with Crippen molar-refractivity contribution >= 4 is 65.4 Å². The first-order valence-electron chi connectivity index (χ1n) is 13.4. The SMILES string of the molecule is c1ccc(-n2c3ccccc3c3cc4c(cc32)[nH]c2cc3c(cc24)c2ccccc2n3-c2ccccc2)cc1. The van der Waals surface area contributed by atoms with E-state index in [2.05, 4.69) is 148 Å². The predicted octanol–water partition coefficient (Wildman–Crippen LogP) is 9.52. The van der Waals surface area contributed by atoms with Crippen LogP contribution in [0.15, 0.2) is 133 Å². The van der Waals surface area contributed by atoms with Crippen molar-refractivity contribution in [3.63, 3.8) is 0 Å². The molecule has 0 aliphatic heterocycles. The second kappa shape index (κ2) is 7.62. The second-order valence-electron chi connectivity index (χ2n) is 10.3. The standard InChI is InChI=1S/C36H23N3/c1-3-11-23(12-4-1)38-33-17-9-7-15-25(33)29-19-27-28-20-30-26-16-8-10-18-34(26)39(24-13-5-2-6-14-24)36(30)22-32(28)37-31(27)21-35(29)38/h1-22,37H. The molecule has 0 unspecified atom stereocenters. The molecule has 9 rings (SSSR count). The van der Waals surface area contributed by atoms with Crippen molar-refractivity contribution in [3.05, 3.63) is 133 Å². The number of rotatable bonds is 2. The van der Waals surface area contributed by atoms with Crippen LogP contribution in [0, 0.1) is 0 Å². The number of nitrogens with zero attached hydrogens (tertiary/aromatic N) is 2. The van der Waals surface area contributed by atoms with Crippen LogP contribution in [0.3, 0.4) is 0 Å². The van der Waals surface area contributed by atoms with E-state index in [0.29, 0.717) is 0 Å². The van der Waals surface area contributed by atoms with Gasteiger partial charge in [-0.25, -0.2) is 0 Å². The van der Waals surface area contributed by atoms with Crippen molar-refractivity contribution in [2.24, 2.45) is 0 Å². The van der Waals surface area contributed by atoms with Crippen LogP contribution in [0.2, 0.25) is 0 Å². The largest absolute Gasteiger partial charge is 0.354 e. The van der Waals surface area contributed by atoms with E-state index < -0.39 is 0 Å². The Hall–Kier alpha value is -5.28. The van der Waals surface area contributed by atoms with E-state index in [1.54, 1.807) is 0 Å². The first-order valence-corrected chi connectivity index (χ1v) is 13.4. The topological polar surface area (TPSA) is 25.6 Å². The molecule has 0 saturated carbocycles. The lowest BCUT2D eigenvalue weighted by molar-refractivity contribution is 1.18. The highest BCUT2D eigenvalue weighted by molar-refractivity contribution is 6.22. The van der Waals surface area contributed by atoms with Gasteiger partial charge < -0.3 is 14.1 Å². The average molecular weight is 498 g/mol. The highest BCUT2D eigenvalue weighted by Crippen LogP contribution is 2.40. The molecule has 0 atom stereocenters. The lowest BCUT2D eigenvalue weighted by atomic mass is 10.1. The lowest BCUT2D eigenvalue weighted by Crippen LogP contribution is -1.92. The molecule has 182 valence electrons. The van der Waals surface area contributed by atoms with Crippen LogP contribution in [0.1, 0.15) is 0 Å². The molecule has 0 fully saturated rings. The summed E-state index contributed by atoms with van der Waals surface area (Å²) in [4.78, 5) is 3.78. The van der Waals surface area contributed by atoms with E-state index in [1.807, 2.05) is 0 Å². The summed E-state index contributed by atoms with van der Waals surface area (Å²) in [5.74, 6) is 0. The summed E-state index contributed by atoms with van der Waals surface area (Å²) >= 11 is 0. The molecule has 0 aliphatic rings. The molecule has 6 aromatic carbocycles. The van der Waals surface area contributed by atoms with Crippen molar-refractivity contribution < 1.29 is 0 Å². The number of fused-ring (bicyclic) bond motifs is 9. The maximum atomic E-state index is 3.78. The Morgan fingerprint density at radius 2 is 0.744 bits per heavy atom. The summed E-state index contributed by atoms with van der Waals surface area (Å²) in [6, 6.07) is 48.2. The number of benzene rings is 6. The number of aromatic nitrogens is 3. The quantitative estimate of drug-likeness (QED) is 0.246. The Balaban J connectivity index is 1.41. The zero-order valence-electron chi connectivity index (χ0n) is 21.1. The molecule has 0 saturated heterocycles. The fourth-order valence-electron chi connectivity index (χ4n) is 6.54. The van der Waals surface area contributed by atoms with Crippen molar-refractivity contribution in [2.75, 3.05) is 0 Å². The van der Waals surface area contributed by atoms with Crippen LogP contribution >= 0.6 is 0 Å². The molecule has 1 N–H and O–H groups in total. The van der Waals surface area contributed by atoms with Crippen LogP contribution in [-0.2, 0) is 0 Å². The molecule has 0 radical (unpaired) electrons. The molecule has 0 amide bonds. The van der Waals surface area contributed by atoms with Gasteiger partial charge in [-0.2, -0.15) is 0 Å². The van der Waals surface area contributed by atoms with E-state index in [4.69, 9.17) is 0 Å². The molecular weight excluding hydrogens is 474 g/mol. The first-order chi connectivity index (χ1) is 19.3. The number of nitrogens with one attached hydrogen (secondary N) is 1. The van der Waals surface area contributed by atoms with Gasteiger partial charge in [-0.15, -0.1) is 0 Å². The van der Waals surface area contributed by atoms with Crippen molar-refractivity contribution in [2.45, 2.75) is 0 Å². The smallest absolute Gasteiger partial charge is 0.0562 e. The number of hydrogen-bond donors (Lipinski definition) is 1. The third-order valence-corrected chi connectivity index (χ3v) is 8.21. The summed E-state index contributed by atoms with van der Waals surface area (Å²) < 4.78 is 4.76. The lowest BCUT2D eigenvalue weighted by Gasteiger charge is -2.07. The van der Waals surface area contributed by atoms with Crippen molar-refractivity contribution in [3.8, 4) is 11.4 Å². The molecular formula is C36H23N3. The van der Waals surface area contributed by atoms with E-state index in [-0.39, 0.29) is 0 Å². The Morgan fingerprint density at radius 1 is 0.333 bits per heavy atom. The Morgan fingerprint density at radius 3 is 1.21 bits per heavy atom. The van der Waals surface area contributed by atoms with Crippen LogP contribution in [0.5, 0.6) is 0 Å². The zero-order chi connectivity index (χ0) is 25.5. The summed E-state index contributed by atoms with van der Waals surface area (Å²) in [5.41, 5.74) is 9.53. The van der Waals surface area contributed by atoms with Gasteiger partial charge in [0.1, 0.15) is 0 Å². The van der Waals surface area contributed by atoms with Gasteiger partial charge in [-0.05, 0) is 60.7 Å². The van der Waals surface area contributed by atoms with Crippen molar-refractivity contribution in [1.29, 1.82) is 0 Å². The summed E-state index contributed by atoms with van der Waals surface area (Å²) in [6.45, 7) is 0. The molecule has 0 aliphatic carbocycles. The molecule has 3 nitrogen and oxygen atoms in total. The van der Waals surface area contributed by atoms with Crippen LogP contribution in [-0.4, -0.2) is 14.1 Å².